The number of benzene rings is 10. The van der Waals surface area contributed by atoms with E-state index >= 15 is 0 Å². The molecule has 0 saturated heterocycles. The Bertz CT molecular complexity index is 4240. The third kappa shape index (κ3) is 5.44. The van der Waals surface area contributed by atoms with E-state index in [4.69, 9.17) is 19.4 Å². The van der Waals surface area contributed by atoms with Crippen LogP contribution in [0, 0.1) is 0 Å². The van der Waals surface area contributed by atoms with Crippen molar-refractivity contribution in [2.24, 2.45) is 0 Å². The number of nitrogens with zero attached hydrogens (tertiary/aromatic N) is 5. The molecular weight excluding hydrogens is 795 g/mol. The second kappa shape index (κ2) is 13.8. The summed E-state index contributed by atoms with van der Waals surface area (Å²) >= 11 is 0. The van der Waals surface area contributed by atoms with Crippen LogP contribution >= 0.6 is 0 Å². The van der Waals surface area contributed by atoms with Gasteiger partial charge in [-0.1, -0.05) is 133 Å². The van der Waals surface area contributed by atoms with Crippen LogP contribution in [0.5, 0.6) is 0 Å². The highest BCUT2D eigenvalue weighted by atomic mass is 16.3. The molecule has 0 unspecified atom stereocenters. The zero-order chi connectivity index (χ0) is 42.6. The molecule has 0 saturated carbocycles. The first-order chi connectivity index (χ1) is 32.2. The van der Waals surface area contributed by atoms with Crippen LogP contribution in [-0.2, 0) is 0 Å². The highest BCUT2D eigenvalue weighted by Crippen LogP contribution is 2.43. The van der Waals surface area contributed by atoms with Gasteiger partial charge in [0, 0.05) is 65.5 Å². The molecular formula is C59H35N5O. The van der Waals surface area contributed by atoms with Gasteiger partial charge in [0.2, 0.25) is 0 Å². The summed E-state index contributed by atoms with van der Waals surface area (Å²) in [6.45, 7) is 0. The lowest BCUT2D eigenvalue weighted by molar-refractivity contribution is 0.672. The van der Waals surface area contributed by atoms with Crippen LogP contribution in [0.2, 0.25) is 0 Å². The summed E-state index contributed by atoms with van der Waals surface area (Å²) in [6, 6.07) is 75.0. The average molecular weight is 830 g/mol. The highest BCUT2D eigenvalue weighted by molar-refractivity contribution is 6.20. The molecule has 0 atom stereocenters. The van der Waals surface area contributed by atoms with Gasteiger partial charge in [-0.15, -0.1) is 0 Å². The molecule has 0 aliphatic rings. The monoisotopic (exact) mass is 829 g/mol. The second-order valence-corrected chi connectivity index (χ2v) is 16.8. The Kier molecular flexibility index (Phi) is 7.59. The van der Waals surface area contributed by atoms with E-state index in [-0.39, 0.29) is 0 Å². The molecule has 0 aliphatic carbocycles. The van der Waals surface area contributed by atoms with Gasteiger partial charge in [-0.25, -0.2) is 15.0 Å². The third-order valence-electron chi connectivity index (χ3n) is 13.1. The van der Waals surface area contributed by atoms with E-state index in [1.165, 1.54) is 26.9 Å². The molecule has 0 aliphatic heterocycles. The topological polar surface area (TPSA) is 61.7 Å². The molecule has 6 heteroatoms. The van der Waals surface area contributed by atoms with Crippen molar-refractivity contribution in [3.05, 3.63) is 212 Å². The summed E-state index contributed by atoms with van der Waals surface area (Å²) in [4.78, 5) is 15.6. The minimum Gasteiger partial charge on any atom is -0.455 e. The van der Waals surface area contributed by atoms with Crippen LogP contribution in [0.1, 0.15) is 0 Å². The highest BCUT2D eigenvalue weighted by Gasteiger charge is 2.21. The summed E-state index contributed by atoms with van der Waals surface area (Å²) < 4.78 is 11.5. The van der Waals surface area contributed by atoms with E-state index in [1.807, 2.05) is 18.2 Å². The molecule has 0 amide bonds. The van der Waals surface area contributed by atoms with Crippen LogP contribution in [0.25, 0.3) is 133 Å². The zero-order valence-electron chi connectivity index (χ0n) is 34.9. The van der Waals surface area contributed by atoms with E-state index in [2.05, 4.69) is 203 Å². The maximum atomic E-state index is 6.79. The van der Waals surface area contributed by atoms with Crippen LogP contribution in [0.15, 0.2) is 217 Å². The fraction of sp³-hybridized carbons (Fsp3) is 0. The average Bonchev–Trinajstić information content (AvgIpc) is 4.02. The quantitative estimate of drug-likeness (QED) is 0.173. The minimum atomic E-state index is 0.590. The van der Waals surface area contributed by atoms with Crippen molar-refractivity contribution in [3.63, 3.8) is 0 Å². The number of furan rings is 1. The van der Waals surface area contributed by atoms with Gasteiger partial charge < -0.3 is 13.6 Å². The van der Waals surface area contributed by atoms with Crippen LogP contribution in [0.4, 0.5) is 0 Å². The summed E-state index contributed by atoms with van der Waals surface area (Å²) in [5, 5.41) is 11.4. The maximum Gasteiger partial charge on any atom is 0.164 e. The van der Waals surface area contributed by atoms with Crippen molar-refractivity contribution in [3.8, 4) is 45.5 Å². The van der Waals surface area contributed by atoms with Gasteiger partial charge in [0.25, 0.3) is 0 Å². The molecule has 65 heavy (non-hydrogen) atoms. The van der Waals surface area contributed by atoms with E-state index in [0.29, 0.717) is 17.5 Å². The first-order valence-corrected chi connectivity index (χ1v) is 21.9. The first-order valence-electron chi connectivity index (χ1n) is 21.9. The van der Waals surface area contributed by atoms with Crippen molar-refractivity contribution >= 4 is 87.1 Å². The maximum absolute atomic E-state index is 6.79. The van der Waals surface area contributed by atoms with Crippen molar-refractivity contribution in [1.82, 2.24) is 24.1 Å². The number of hydrogen-bond donors (Lipinski definition) is 0. The van der Waals surface area contributed by atoms with Gasteiger partial charge in [0.15, 0.2) is 17.5 Å². The van der Waals surface area contributed by atoms with E-state index in [1.54, 1.807) is 0 Å². The van der Waals surface area contributed by atoms with Crippen LogP contribution in [0.3, 0.4) is 0 Å². The fourth-order valence-corrected chi connectivity index (χ4v) is 10.1. The Morgan fingerprint density at radius 2 is 0.831 bits per heavy atom. The molecule has 4 heterocycles. The molecule has 0 N–H and O–H groups in total. The Morgan fingerprint density at radius 1 is 0.308 bits per heavy atom. The van der Waals surface area contributed by atoms with Gasteiger partial charge in [-0.3, -0.25) is 0 Å². The predicted molar refractivity (Wildman–Crippen MR) is 267 cm³/mol. The molecule has 0 fully saturated rings. The lowest BCUT2D eigenvalue weighted by Crippen LogP contribution is -2.00. The SMILES string of the molecule is c1ccc(-c2nc(-c3ccc4oc5c6ccccc6c(-n6c7ccccc7c7cc8ccccc8cc76)cc5c4c3)nc(-c3ccc4c(c3)c3ccccc3n4-c3ccccc3)n2)cc1. The van der Waals surface area contributed by atoms with Crippen molar-refractivity contribution < 1.29 is 4.42 Å². The summed E-state index contributed by atoms with van der Waals surface area (Å²) in [5.41, 5.74) is 11.2. The largest absolute Gasteiger partial charge is 0.455 e. The molecule has 14 aromatic rings. The molecule has 4 aromatic heterocycles. The predicted octanol–water partition coefficient (Wildman–Crippen LogP) is 15.3. The zero-order valence-corrected chi connectivity index (χ0v) is 34.9. The standard InChI is InChI=1S/C59H35N5O/c1-3-15-36(16-4-1)57-60-58(39-27-29-52-46(32-39)43-22-11-13-25-50(43)63(52)41-19-5-2-6-20-41)62-59(61-57)40-28-30-55-48(33-40)49-35-54(42-21-9-10-24-45(42)56(49)65-55)64-51-26-14-12-23-44(51)47-31-37-17-7-8-18-38(37)34-53(47)64/h1-35H. The number of hydrogen-bond acceptors (Lipinski definition) is 4. The molecule has 0 radical (unpaired) electrons. The number of fused-ring (bicyclic) bond motifs is 12. The smallest absolute Gasteiger partial charge is 0.164 e. The summed E-state index contributed by atoms with van der Waals surface area (Å²) in [6.07, 6.45) is 0. The molecule has 0 bridgehead atoms. The van der Waals surface area contributed by atoms with Gasteiger partial charge in [0.05, 0.1) is 27.8 Å². The number of para-hydroxylation sites is 3. The fourth-order valence-electron chi connectivity index (χ4n) is 10.1. The molecule has 14 rings (SSSR count). The van der Waals surface area contributed by atoms with Gasteiger partial charge >= 0.3 is 0 Å². The van der Waals surface area contributed by atoms with E-state index in [9.17, 15) is 0 Å². The lowest BCUT2D eigenvalue weighted by Gasteiger charge is -2.13. The summed E-state index contributed by atoms with van der Waals surface area (Å²) in [7, 11) is 0. The van der Waals surface area contributed by atoms with E-state index < -0.39 is 0 Å². The van der Waals surface area contributed by atoms with Gasteiger partial charge in [0.1, 0.15) is 11.2 Å². The number of aromatic nitrogens is 5. The van der Waals surface area contributed by atoms with E-state index in [0.717, 1.165) is 88.2 Å². The molecule has 0 spiro atoms. The van der Waals surface area contributed by atoms with Gasteiger partial charge in [-0.2, -0.15) is 0 Å². The minimum absolute atomic E-state index is 0.590. The molecule has 302 valence electrons. The van der Waals surface area contributed by atoms with Crippen LogP contribution in [-0.4, -0.2) is 24.1 Å². The van der Waals surface area contributed by atoms with Gasteiger partial charge in [-0.05, 0) is 89.6 Å². The molecule has 10 aromatic carbocycles. The van der Waals surface area contributed by atoms with Crippen LogP contribution < -0.4 is 0 Å². The number of rotatable bonds is 5. The first kappa shape index (κ1) is 35.7. The van der Waals surface area contributed by atoms with Crippen molar-refractivity contribution in [2.45, 2.75) is 0 Å². The Labute approximate surface area is 371 Å². The summed E-state index contributed by atoms with van der Waals surface area (Å²) in [5.74, 6) is 1.81. The second-order valence-electron chi connectivity index (χ2n) is 16.8. The lowest BCUT2D eigenvalue weighted by atomic mass is 10.0. The Hall–Kier alpha value is -8.87. The van der Waals surface area contributed by atoms with Crippen molar-refractivity contribution in [1.29, 1.82) is 0 Å². The third-order valence-corrected chi connectivity index (χ3v) is 13.1. The molecule has 6 nitrogen and oxygen atoms in total. The normalized spacial score (nSPS) is 12.0. The van der Waals surface area contributed by atoms with Crippen molar-refractivity contribution in [2.75, 3.05) is 0 Å². The Balaban J connectivity index is 0.985. The Morgan fingerprint density at radius 3 is 1.55 bits per heavy atom.